The number of halogens is 1. The number of nitrogens with zero attached hydrogens (tertiary/aromatic N) is 2. The van der Waals surface area contributed by atoms with Crippen LogP contribution in [-0.2, 0) is 9.59 Å². The van der Waals surface area contributed by atoms with Crippen LogP contribution in [0.2, 0.25) is 0 Å². The fourth-order valence-corrected chi connectivity index (χ4v) is 5.99. The van der Waals surface area contributed by atoms with E-state index in [4.69, 9.17) is 0 Å². The number of carbonyl (C=O) groups excluding carboxylic acids is 2. The number of nitrogens with one attached hydrogen (secondary N) is 1. The van der Waals surface area contributed by atoms with E-state index >= 15 is 0 Å². The Hall–Kier alpha value is -2.38. The van der Waals surface area contributed by atoms with E-state index in [9.17, 15) is 9.59 Å². The van der Waals surface area contributed by atoms with E-state index in [-0.39, 0.29) is 30.3 Å². The third-order valence-corrected chi connectivity index (χ3v) is 7.39. The highest BCUT2D eigenvalue weighted by molar-refractivity contribution is 9.11. The van der Waals surface area contributed by atoms with E-state index < -0.39 is 0 Å². The van der Waals surface area contributed by atoms with Crippen LogP contribution in [0.4, 0.5) is 5.69 Å². The Morgan fingerprint density at radius 3 is 2.72 bits per heavy atom. The molecule has 0 radical (unpaired) electrons. The average Bonchev–Trinajstić information content (AvgIpc) is 3.32. The molecule has 1 unspecified atom stereocenters. The number of amides is 2. The maximum Gasteiger partial charge on any atom is 0.259 e. The molecule has 1 atom stereocenters. The van der Waals surface area contributed by atoms with Crippen molar-refractivity contribution in [1.82, 2.24) is 9.47 Å². The number of carbonyl (C=O) groups is 2. The molecule has 3 aromatic rings. The zero-order valence-electron chi connectivity index (χ0n) is 16.3. The minimum atomic E-state index is -0.228. The number of thiophene rings is 1. The Morgan fingerprint density at radius 2 is 2.07 bits per heavy atom. The standard InChI is InChI=1S/C22H20BrN3O2S/c1-11(2)25-9-13-19-14(5-4-6-16(19)25)24-15-10-26(12(3)27)22(28)21(15)20(13)17-7-8-18(23)29-17/h4-9,11,20,24H,10H2,1-3H3. The van der Waals surface area contributed by atoms with Crippen LogP contribution in [0.3, 0.4) is 0 Å². The molecule has 5 rings (SSSR count). The largest absolute Gasteiger partial charge is 0.356 e. The Kier molecular flexibility index (Phi) is 4.22. The smallest absolute Gasteiger partial charge is 0.259 e. The topological polar surface area (TPSA) is 54.3 Å². The van der Waals surface area contributed by atoms with E-state index in [1.54, 1.807) is 11.3 Å². The van der Waals surface area contributed by atoms with Crippen LogP contribution < -0.4 is 5.32 Å². The summed E-state index contributed by atoms with van der Waals surface area (Å²) in [6.45, 7) is 6.06. The van der Waals surface area contributed by atoms with Gasteiger partial charge < -0.3 is 9.88 Å². The van der Waals surface area contributed by atoms with Crippen molar-refractivity contribution < 1.29 is 9.59 Å². The summed E-state index contributed by atoms with van der Waals surface area (Å²) in [4.78, 5) is 27.9. The molecule has 0 aliphatic carbocycles. The van der Waals surface area contributed by atoms with E-state index in [1.807, 2.05) is 12.1 Å². The van der Waals surface area contributed by atoms with E-state index in [2.05, 4.69) is 64.1 Å². The monoisotopic (exact) mass is 469 g/mol. The van der Waals surface area contributed by atoms with Crippen molar-refractivity contribution in [2.75, 3.05) is 11.9 Å². The van der Waals surface area contributed by atoms with Crippen LogP contribution in [0.5, 0.6) is 0 Å². The number of hydrogen-bond donors (Lipinski definition) is 1. The lowest BCUT2D eigenvalue weighted by atomic mass is 9.89. The molecule has 1 N–H and O–H groups in total. The van der Waals surface area contributed by atoms with Gasteiger partial charge in [-0.3, -0.25) is 14.5 Å². The lowest BCUT2D eigenvalue weighted by molar-refractivity contribution is -0.139. The first-order chi connectivity index (χ1) is 13.9. The Bertz CT molecular complexity index is 1220. The zero-order chi connectivity index (χ0) is 20.4. The van der Waals surface area contributed by atoms with Gasteiger partial charge in [0.05, 0.1) is 27.3 Å². The first-order valence-corrected chi connectivity index (χ1v) is 11.2. The normalized spacial score (nSPS) is 18.4. The van der Waals surface area contributed by atoms with Gasteiger partial charge in [0.25, 0.3) is 5.91 Å². The van der Waals surface area contributed by atoms with Crippen LogP contribution in [0, 0.1) is 0 Å². The summed E-state index contributed by atoms with van der Waals surface area (Å²) in [5.41, 5.74) is 4.74. The molecule has 7 heteroatoms. The van der Waals surface area contributed by atoms with Gasteiger partial charge in [0, 0.05) is 40.8 Å². The fourth-order valence-electron chi connectivity index (χ4n) is 4.44. The minimum absolute atomic E-state index is 0.201. The maximum atomic E-state index is 13.3. The first kappa shape index (κ1) is 18.6. The SMILES string of the molecule is CC(=O)N1CC2=C(C1=O)C(c1ccc(Br)s1)c1cn(C(C)C)c3cccc(c13)N2. The minimum Gasteiger partial charge on any atom is -0.356 e. The number of benzene rings is 1. The second-order valence-electron chi connectivity index (χ2n) is 7.79. The van der Waals surface area contributed by atoms with Gasteiger partial charge in [-0.1, -0.05) is 6.07 Å². The predicted octanol–water partition coefficient (Wildman–Crippen LogP) is 5.25. The fraction of sp³-hybridized carbons (Fsp3) is 0.273. The molecular weight excluding hydrogens is 450 g/mol. The van der Waals surface area contributed by atoms with Crippen LogP contribution in [0.25, 0.3) is 10.9 Å². The highest BCUT2D eigenvalue weighted by atomic mass is 79.9. The number of imide groups is 1. The molecule has 2 amide bonds. The van der Waals surface area contributed by atoms with Crippen LogP contribution >= 0.6 is 27.3 Å². The molecule has 0 saturated carbocycles. The molecule has 4 heterocycles. The highest BCUT2D eigenvalue weighted by Gasteiger charge is 2.42. The van der Waals surface area contributed by atoms with Crippen molar-refractivity contribution in [3.63, 3.8) is 0 Å². The van der Waals surface area contributed by atoms with Crippen LogP contribution in [-0.4, -0.2) is 27.8 Å². The third kappa shape index (κ3) is 2.71. The molecular formula is C22H20BrN3O2S. The summed E-state index contributed by atoms with van der Waals surface area (Å²) in [5, 5.41) is 4.65. The second kappa shape index (κ2) is 6.57. The number of aromatic nitrogens is 1. The summed E-state index contributed by atoms with van der Waals surface area (Å²) in [7, 11) is 0. The van der Waals surface area contributed by atoms with Gasteiger partial charge in [0.15, 0.2) is 0 Å². The molecule has 2 aliphatic rings. The first-order valence-electron chi connectivity index (χ1n) is 9.58. The molecule has 0 fully saturated rings. The van der Waals surface area contributed by atoms with Gasteiger partial charge in [0.2, 0.25) is 5.91 Å². The third-order valence-electron chi connectivity index (χ3n) is 5.70. The molecule has 0 bridgehead atoms. The quantitative estimate of drug-likeness (QED) is 0.557. The summed E-state index contributed by atoms with van der Waals surface area (Å²) in [6, 6.07) is 10.6. The Labute approximate surface area is 181 Å². The highest BCUT2D eigenvalue weighted by Crippen LogP contribution is 2.48. The Balaban J connectivity index is 1.82. The van der Waals surface area contributed by atoms with Gasteiger partial charge >= 0.3 is 0 Å². The van der Waals surface area contributed by atoms with E-state index in [1.165, 1.54) is 11.8 Å². The van der Waals surface area contributed by atoms with Crippen LogP contribution in [0.15, 0.2) is 51.6 Å². The van der Waals surface area contributed by atoms with Gasteiger partial charge in [-0.25, -0.2) is 0 Å². The molecule has 148 valence electrons. The number of hydrogen-bond acceptors (Lipinski definition) is 4. The predicted molar refractivity (Wildman–Crippen MR) is 119 cm³/mol. The maximum absolute atomic E-state index is 13.3. The molecule has 2 aliphatic heterocycles. The summed E-state index contributed by atoms with van der Waals surface area (Å²) in [6.07, 6.45) is 2.18. The lowest BCUT2D eigenvalue weighted by Crippen LogP contribution is -2.33. The molecule has 1 aromatic carbocycles. The molecule has 29 heavy (non-hydrogen) atoms. The van der Waals surface area contributed by atoms with Crippen molar-refractivity contribution >= 4 is 55.7 Å². The summed E-state index contributed by atoms with van der Waals surface area (Å²) < 4.78 is 3.28. The van der Waals surface area contributed by atoms with Crippen molar-refractivity contribution in [3.8, 4) is 0 Å². The van der Waals surface area contributed by atoms with E-state index in [0.29, 0.717) is 5.57 Å². The van der Waals surface area contributed by atoms with Crippen molar-refractivity contribution in [2.24, 2.45) is 0 Å². The van der Waals surface area contributed by atoms with Gasteiger partial charge in [0.1, 0.15) is 0 Å². The number of rotatable bonds is 2. The van der Waals surface area contributed by atoms with Crippen molar-refractivity contribution in [3.05, 3.63) is 62.0 Å². The van der Waals surface area contributed by atoms with Gasteiger partial charge in [-0.2, -0.15) is 0 Å². The van der Waals surface area contributed by atoms with E-state index in [0.717, 1.165) is 36.5 Å². The second-order valence-corrected chi connectivity index (χ2v) is 10.3. The molecule has 0 saturated heterocycles. The Morgan fingerprint density at radius 1 is 1.28 bits per heavy atom. The summed E-state index contributed by atoms with van der Waals surface area (Å²) >= 11 is 5.20. The molecule has 0 spiro atoms. The molecule has 5 nitrogen and oxygen atoms in total. The van der Waals surface area contributed by atoms with Crippen LogP contribution in [0.1, 0.15) is 43.2 Å². The number of anilines is 1. The summed E-state index contributed by atoms with van der Waals surface area (Å²) in [5.74, 6) is -0.640. The lowest BCUT2D eigenvalue weighted by Gasteiger charge is -2.18. The zero-order valence-corrected chi connectivity index (χ0v) is 18.7. The van der Waals surface area contributed by atoms with Gasteiger partial charge in [-0.15, -0.1) is 11.3 Å². The van der Waals surface area contributed by atoms with Crippen molar-refractivity contribution in [2.45, 2.75) is 32.7 Å². The van der Waals surface area contributed by atoms with Gasteiger partial charge in [-0.05, 0) is 59.6 Å². The average molecular weight is 470 g/mol. The molecule has 2 aromatic heterocycles. The van der Waals surface area contributed by atoms with Crippen molar-refractivity contribution in [1.29, 1.82) is 0 Å².